The van der Waals surface area contributed by atoms with E-state index in [-0.39, 0.29) is 17.9 Å². The van der Waals surface area contributed by atoms with Gasteiger partial charge in [0.25, 0.3) is 0 Å². The van der Waals surface area contributed by atoms with Crippen molar-refractivity contribution in [1.82, 2.24) is 24.6 Å². The van der Waals surface area contributed by atoms with Crippen LogP contribution in [0.25, 0.3) is 5.65 Å². The molecule has 1 aliphatic carbocycles. The lowest BCUT2D eigenvalue weighted by atomic mass is 9.79. The summed E-state index contributed by atoms with van der Waals surface area (Å²) in [5, 5.41) is 5.93. The average Bonchev–Trinajstić information content (AvgIpc) is 3.44. The third-order valence-electron chi connectivity index (χ3n) is 6.74. The molecule has 3 aromatic heterocycles. The van der Waals surface area contributed by atoms with Crippen molar-refractivity contribution in [1.29, 1.82) is 0 Å². The molecule has 1 saturated heterocycles. The first-order chi connectivity index (χ1) is 15.1. The van der Waals surface area contributed by atoms with E-state index in [1.54, 1.807) is 11.4 Å². The normalized spacial score (nSPS) is 24.1. The minimum atomic E-state index is -0.0185. The van der Waals surface area contributed by atoms with Crippen molar-refractivity contribution >= 4 is 11.6 Å². The molecule has 0 bridgehead atoms. The Hall–Kier alpha value is -2.80. The van der Waals surface area contributed by atoms with Crippen LogP contribution in [0.15, 0.2) is 37.1 Å². The van der Waals surface area contributed by atoms with Gasteiger partial charge in [-0.1, -0.05) is 12.1 Å². The fourth-order valence-electron chi connectivity index (χ4n) is 5.15. The van der Waals surface area contributed by atoms with E-state index < -0.39 is 0 Å². The number of hydrogen-bond acceptors (Lipinski definition) is 5. The summed E-state index contributed by atoms with van der Waals surface area (Å²) in [6, 6.07) is 4.31. The van der Waals surface area contributed by atoms with Crippen LogP contribution in [0.2, 0.25) is 0 Å². The van der Waals surface area contributed by atoms with Gasteiger partial charge in [0, 0.05) is 30.9 Å². The molecule has 1 saturated carbocycles. The maximum atomic E-state index is 13.3. The van der Waals surface area contributed by atoms with Gasteiger partial charge in [-0.05, 0) is 74.1 Å². The topological polar surface area (TPSA) is 72.6 Å². The molecule has 0 aromatic carbocycles. The predicted molar refractivity (Wildman–Crippen MR) is 116 cm³/mol. The zero-order valence-corrected chi connectivity index (χ0v) is 18.2. The maximum Gasteiger partial charge on any atom is 0.249 e. The Morgan fingerprint density at radius 1 is 1.13 bits per heavy atom. The summed E-state index contributed by atoms with van der Waals surface area (Å²) in [6.07, 6.45) is 13.2. The van der Waals surface area contributed by atoms with Crippen LogP contribution in [-0.2, 0) is 16.1 Å². The average molecular weight is 420 g/mol. The lowest BCUT2D eigenvalue weighted by Gasteiger charge is -2.32. The van der Waals surface area contributed by atoms with Crippen LogP contribution < -0.4 is 0 Å². The number of nitrogens with zero attached hydrogens (tertiary/aromatic N) is 5. The summed E-state index contributed by atoms with van der Waals surface area (Å²) in [4.78, 5) is 27.6. The molecule has 31 heavy (non-hydrogen) atoms. The molecule has 5 rings (SSSR count). The molecule has 2 fully saturated rings. The van der Waals surface area contributed by atoms with Gasteiger partial charge in [0.2, 0.25) is 5.91 Å². The molecule has 1 atom stereocenters. The lowest BCUT2D eigenvalue weighted by molar-refractivity contribution is -0.183. The summed E-state index contributed by atoms with van der Waals surface area (Å²) in [7, 11) is 0. The van der Waals surface area contributed by atoms with E-state index in [1.807, 2.05) is 23.8 Å². The summed E-state index contributed by atoms with van der Waals surface area (Å²) >= 11 is 0. The molecule has 2 aliphatic rings. The minimum Gasteiger partial charge on any atom is -0.272 e. The van der Waals surface area contributed by atoms with Gasteiger partial charge in [-0.2, -0.15) is 5.10 Å². The van der Waals surface area contributed by atoms with E-state index in [0.717, 1.165) is 60.9 Å². The van der Waals surface area contributed by atoms with Crippen LogP contribution in [0.1, 0.15) is 60.4 Å². The van der Waals surface area contributed by atoms with Crippen molar-refractivity contribution in [2.24, 2.45) is 11.8 Å². The molecular weight excluding hydrogens is 390 g/mol. The van der Waals surface area contributed by atoms with Crippen LogP contribution in [0.4, 0.5) is 0 Å². The zero-order chi connectivity index (χ0) is 21.4. The number of amides is 1. The van der Waals surface area contributed by atoms with Crippen LogP contribution in [0.3, 0.4) is 0 Å². The number of pyridine rings is 2. The second-order valence-corrected chi connectivity index (χ2v) is 9.08. The summed E-state index contributed by atoms with van der Waals surface area (Å²) in [6.45, 7) is 4.70. The number of carbonyl (C=O) groups excluding carboxylic acids is 1. The first-order valence-corrected chi connectivity index (χ1v) is 11.2. The van der Waals surface area contributed by atoms with Crippen LogP contribution in [0.5, 0.6) is 0 Å². The monoisotopic (exact) mass is 419 g/mol. The first-order valence-electron chi connectivity index (χ1n) is 11.2. The molecule has 1 amide bonds. The van der Waals surface area contributed by atoms with Gasteiger partial charge < -0.3 is 0 Å². The van der Waals surface area contributed by atoms with Gasteiger partial charge in [0.15, 0.2) is 5.65 Å². The minimum absolute atomic E-state index is 0.0185. The number of rotatable bonds is 4. The molecule has 3 aromatic rings. The number of fused-ring (bicyclic) bond motifs is 1. The largest absolute Gasteiger partial charge is 0.272 e. The van der Waals surface area contributed by atoms with Gasteiger partial charge in [0.1, 0.15) is 6.33 Å². The van der Waals surface area contributed by atoms with E-state index in [9.17, 15) is 4.79 Å². The Morgan fingerprint density at radius 3 is 2.77 bits per heavy atom. The van der Waals surface area contributed by atoms with Crippen molar-refractivity contribution in [3.63, 3.8) is 0 Å². The second kappa shape index (κ2) is 8.38. The van der Waals surface area contributed by atoms with Crippen LogP contribution in [0, 0.1) is 25.7 Å². The lowest BCUT2D eigenvalue weighted by Crippen LogP contribution is -2.36. The van der Waals surface area contributed by atoms with E-state index in [4.69, 9.17) is 4.84 Å². The smallest absolute Gasteiger partial charge is 0.249 e. The SMILES string of the molecule is Cc1cncc([C@@H]2CCON2C(=O)[C@H]2CC[C@H](Cc3cc(C)c4ncnn4c3)CC2)c1. The number of carbonyl (C=O) groups is 1. The van der Waals surface area contributed by atoms with Gasteiger partial charge >= 0.3 is 0 Å². The first kappa shape index (κ1) is 20.1. The van der Waals surface area contributed by atoms with Crippen molar-refractivity contribution in [2.45, 2.75) is 58.4 Å². The van der Waals surface area contributed by atoms with E-state index in [1.165, 1.54) is 5.56 Å². The van der Waals surface area contributed by atoms with E-state index in [2.05, 4.69) is 40.3 Å². The molecule has 1 aliphatic heterocycles. The number of aryl methyl sites for hydroxylation is 2. The fraction of sp³-hybridized carbons (Fsp3) is 0.500. The molecule has 7 heteroatoms. The quantitative estimate of drug-likeness (QED) is 0.639. The van der Waals surface area contributed by atoms with Crippen LogP contribution >= 0.6 is 0 Å². The highest BCUT2D eigenvalue weighted by Crippen LogP contribution is 2.37. The number of hydroxylamine groups is 2. The van der Waals surface area contributed by atoms with Crippen molar-refractivity contribution in [3.8, 4) is 0 Å². The summed E-state index contributed by atoms with van der Waals surface area (Å²) in [5.41, 5.74) is 5.54. The third kappa shape index (κ3) is 4.06. The Kier molecular flexibility index (Phi) is 5.44. The molecule has 4 heterocycles. The van der Waals surface area contributed by atoms with Gasteiger partial charge in [0.05, 0.1) is 12.6 Å². The van der Waals surface area contributed by atoms with Crippen molar-refractivity contribution in [3.05, 3.63) is 59.3 Å². The summed E-state index contributed by atoms with van der Waals surface area (Å²) in [5.74, 6) is 0.789. The molecule has 0 spiro atoms. The van der Waals surface area contributed by atoms with Gasteiger partial charge in [-0.3, -0.25) is 14.6 Å². The fourth-order valence-corrected chi connectivity index (χ4v) is 5.15. The second-order valence-electron chi connectivity index (χ2n) is 9.08. The molecule has 162 valence electrons. The Morgan fingerprint density at radius 2 is 1.97 bits per heavy atom. The summed E-state index contributed by atoms with van der Waals surface area (Å²) < 4.78 is 1.87. The third-order valence-corrected chi connectivity index (χ3v) is 6.74. The number of hydrogen-bond donors (Lipinski definition) is 0. The number of aromatic nitrogens is 4. The highest BCUT2D eigenvalue weighted by atomic mass is 16.7. The van der Waals surface area contributed by atoms with Crippen molar-refractivity contribution in [2.75, 3.05) is 6.61 Å². The highest BCUT2D eigenvalue weighted by molar-refractivity contribution is 5.78. The van der Waals surface area contributed by atoms with Gasteiger partial charge in [-0.25, -0.2) is 14.6 Å². The molecule has 0 radical (unpaired) electrons. The van der Waals surface area contributed by atoms with E-state index in [0.29, 0.717) is 12.5 Å². The molecule has 7 nitrogen and oxygen atoms in total. The zero-order valence-electron chi connectivity index (χ0n) is 18.2. The predicted octanol–water partition coefficient (Wildman–Crippen LogP) is 4.00. The molecular formula is C24H29N5O2. The standard InChI is InChI=1S/C24H29N5O2/c1-16-9-21(13-25-12-16)22-7-8-31-29(22)24(30)20-5-3-18(4-6-20)11-19-10-17(2)23-26-15-27-28(23)14-19/h9-10,12-15,18,20,22H,3-8,11H2,1-2H3/t18-,20-,22-/m0/s1. The Balaban J connectivity index is 1.21. The maximum absolute atomic E-state index is 13.3. The Labute approximate surface area is 182 Å². The molecule has 0 unspecified atom stereocenters. The van der Waals surface area contributed by atoms with Crippen LogP contribution in [-0.4, -0.2) is 37.2 Å². The van der Waals surface area contributed by atoms with E-state index >= 15 is 0 Å². The molecule has 0 N–H and O–H groups in total. The van der Waals surface area contributed by atoms with Gasteiger partial charge in [-0.15, -0.1) is 0 Å². The van der Waals surface area contributed by atoms with Crippen molar-refractivity contribution < 1.29 is 9.63 Å². The Bertz CT molecular complexity index is 1090. The highest BCUT2D eigenvalue weighted by Gasteiger charge is 2.37.